The zero-order valence-electron chi connectivity index (χ0n) is 24.5. The lowest BCUT2D eigenvalue weighted by atomic mass is 9.32. The Hall–Kier alpha value is -2.16. The van der Waals surface area contributed by atoms with Crippen LogP contribution in [0.3, 0.4) is 0 Å². The topological polar surface area (TPSA) is 76.8 Å². The van der Waals surface area contributed by atoms with E-state index < -0.39 is 22.5 Å². The normalized spacial score (nSPS) is 43.9. The Balaban J connectivity index is 1.62. The predicted octanol–water partition coefficient (Wildman–Crippen LogP) is 6.66. The van der Waals surface area contributed by atoms with Crippen molar-refractivity contribution in [2.45, 2.75) is 105 Å². The van der Waals surface area contributed by atoms with Crippen molar-refractivity contribution in [3.05, 3.63) is 35.0 Å². The summed E-state index contributed by atoms with van der Waals surface area (Å²) in [7, 11) is 1.40. The molecule has 5 aliphatic carbocycles. The Labute approximate surface area is 228 Å². The van der Waals surface area contributed by atoms with E-state index in [1.54, 1.807) is 0 Å². The number of allylic oxidation sites excluding steroid dienone is 2. The van der Waals surface area contributed by atoms with Crippen LogP contribution >= 0.6 is 0 Å². The van der Waals surface area contributed by atoms with Gasteiger partial charge in [-0.3, -0.25) is 4.79 Å². The second-order valence-electron chi connectivity index (χ2n) is 15.0. The van der Waals surface area contributed by atoms with Crippen LogP contribution in [0.5, 0.6) is 0 Å². The summed E-state index contributed by atoms with van der Waals surface area (Å²) in [5, 5.41) is 3.21. The molecule has 6 heteroatoms. The van der Waals surface area contributed by atoms with Crippen LogP contribution in [0, 0.1) is 57.3 Å². The number of hydrogen-bond acceptors (Lipinski definition) is 4. The number of nitrogens with one attached hydrogen (secondary N) is 1. The summed E-state index contributed by atoms with van der Waals surface area (Å²) in [4.78, 5) is 43.9. The molecule has 0 spiro atoms. The number of Topliss-reactive ketones (excluding diaryl/α,β-unsaturated/α-hetero) is 2. The van der Waals surface area contributed by atoms with E-state index in [4.69, 9.17) is 11.3 Å². The molecule has 0 aliphatic heterocycles. The molecule has 6 nitrogen and oxygen atoms in total. The van der Waals surface area contributed by atoms with Crippen LogP contribution < -0.4 is 5.32 Å². The maximum absolute atomic E-state index is 14.4. The van der Waals surface area contributed by atoms with E-state index in [2.05, 4.69) is 44.8 Å². The van der Waals surface area contributed by atoms with Gasteiger partial charge in [-0.25, -0.2) is 9.64 Å². The summed E-state index contributed by atoms with van der Waals surface area (Å²) in [6.07, 6.45) is 7.95. The zero-order valence-corrected chi connectivity index (χ0v) is 24.5. The molecule has 6 atom stereocenters. The van der Waals surface area contributed by atoms with Crippen LogP contribution in [0.15, 0.2) is 11.8 Å². The van der Waals surface area contributed by atoms with Crippen molar-refractivity contribution in [3.63, 3.8) is 0 Å². The van der Waals surface area contributed by atoms with Crippen molar-refractivity contribution in [2.75, 3.05) is 7.11 Å². The number of methoxy groups -OCH3 is 1. The molecule has 0 aromatic rings. The predicted molar refractivity (Wildman–Crippen MR) is 145 cm³/mol. The number of ether oxygens (including phenoxy) is 1. The van der Waals surface area contributed by atoms with Crippen molar-refractivity contribution in [1.82, 2.24) is 5.32 Å². The number of fused-ring (bicyclic) bond motifs is 7. The summed E-state index contributed by atoms with van der Waals surface area (Å²) in [5.74, 6) is 2.34. The molecule has 2 radical (unpaired) electrons. The van der Waals surface area contributed by atoms with Gasteiger partial charge in [-0.15, -0.1) is 0 Å². The zero-order chi connectivity index (χ0) is 28.1. The van der Waals surface area contributed by atoms with Gasteiger partial charge in [0.2, 0.25) is 5.70 Å². The van der Waals surface area contributed by atoms with Crippen molar-refractivity contribution < 1.29 is 19.1 Å². The number of amides is 1. The molecule has 5 rings (SSSR count). The van der Waals surface area contributed by atoms with Crippen LogP contribution in [0.4, 0.5) is 4.79 Å². The van der Waals surface area contributed by atoms with Crippen LogP contribution in [-0.4, -0.2) is 30.3 Å². The average Bonchev–Trinajstić information content (AvgIpc) is 2.83. The molecule has 1 amide bonds. The molecule has 0 bridgehead atoms. The Morgan fingerprint density at radius 2 is 1.66 bits per heavy atom. The fourth-order valence-electron chi connectivity index (χ4n) is 9.98. The fourth-order valence-corrected chi connectivity index (χ4v) is 9.98. The van der Waals surface area contributed by atoms with Gasteiger partial charge in [0.25, 0.3) is 0 Å². The van der Waals surface area contributed by atoms with Crippen LogP contribution in [0.1, 0.15) is 99.8 Å². The van der Waals surface area contributed by atoms with Gasteiger partial charge < -0.3 is 14.8 Å². The average molecular weight is 521 g/mol. The van der Waals surface area contributed by atoms with E-state index in [-0.39, 0.29) is 45.3 Å². The molecule has 0 heterocycles. The number of alkyl carbamates (subject to hydrolysis) is 1. The third-order valence-corrected chi connectivity index (χ3v) is 12.3. The number of hydrogen-bond donors (Lipinski definition) is 1. The van der Waals surface area contributed by atoms with E-state index in [9.17, 15) is 14.4 Å². The monoisotopic (exact) mass is 520 g/mol. The van der Waals surface area contributed by atoms with Crippen molar-refractivity contribution in [2.24, 2.45) is 38.9 Å². The molecular formula is C32H44N2O4. The number of carbonyl (C=O) groups excluding carboxylic acids is 3. The lowest BCUT2D eigenvalue weighted by Gasteiger charge is -2.71. The Bertz CT molecular complexity index is 1160. The first-order valence-corrected chi connectivity index (χ1v) is 14.3. The Morgan fingerprint density at radius 1 is 1.00 bits per heavy atom. The summed E-state index contributed by atoms with van der Waals surface area (Å²) in [5.41, 5.74) is -1.82. The molecule has 0 saturated heterocycles. The SMILES string of the molecule is [C-]#[N+]C1=C[C@]2(C)[C@H]3CC(=O)[C]4[C]5CC(C)(C)CC[C@]5(NC(=O)OC)CC[C@@]4(C)[C@]3(C)CC[C@H]2C(C)(C)C1=O. The molecule has 4 fully saturated rings. The molecule has 1 N–H and O–H groups in total. The summed E-state index contributed by atoms with van der Waals surface area (Å²) < 4.78 is 5.05. The highest BCUT2D eigenvalue weighted by molar-refractivity contribution is 6.03. The Morgan fingerprint density at radius 3 is 2.29 bits per heavy atom. The van der Waals surface area contributed by atoms with Gasteiger partial charge in [0.15, 0.2) is 5.78 Å². The van der Waals surface area contributed by atoms with E-state index >= 15 is 0 Å². The summed E-state index contributed by atoms with van der Waals surface area (Å²) in [6.45, 7) is 23.1. The largest absolute Gasteiger partial charge is 0.453 e. The van der Waals surface area contributed by atoms with Gasteiger partial charge in [0.1, 0.15) is 5.78 Å². The third kappa shape index (κ3) is 3.38. The first-order valence-electron chi connectivity index (χ1n) is 14.3. The van der Waals surface area contributed by atoms with Gasteiger partial charge in [-0.2, -0.15) is 0 Å². The molecule has 0 aromatic carbocycles. The van der Waals surface area contributed by atoms with Gasteiger partial charge in [0.05, 0.1) is 25.1 Å². The van der Waals surface area contributed by atoms with E-state index in [1.807, 2.05) is 19.9 Å². The summed E-state index contributed by atoms with van der Waals surface area (Å²) >= 11 is 0. The molecule has 38 heavy (non-hydrogen) atoms. The standard InChI is InChI=1S/C32H44N2O4/c1-27(2)12-14-32(34-26(37)38-9)15-13-31(7)24(19(32)17-27)21(35)16-23-29(5)18-20(33-8)25(36)28(3,4)22(29)10-11-30(23,31)6/h18,22-23H,10-17H2,1-7,9H3,(H,34,37)/t22-,23+,29-,30+,31+,32-/m0/s1. The quantitative estimate of drug-likeness (QED) is 0.392. The van der Waals surface area contributed by atoms with Crippen LogP contribution in [-0.2, 0) is 14.3 Å². The maximum atomic E-state index is 14.4. The number of rotatable bonds is 1. The number of nitrogens with zero attached hydrogens (tertiary/aromatic N) is 1. The lowest BCUT2D eigenvalue weighted by Crippen LogP contribution is -2.70. The first-order chi connectivity index (χ1) is 17.5. The first kappa shape index (κ1) is 27.4. The van der Waals surface area contributed by atoms with Crippen molar-refractivity contribution in [1.29, 1.82) is 0 Å². The fraction of sp³-hybridized carbons (Fsp3) is 0.750. The minimum atomic E-state index is -0.632. The molecule has 5 aliphatic rings. The second kappa shape index (κ2) is 8.18. The smallest absolute Gasteiger partial charge is 0.407 e. The van der Waals surface area contributed by atoms with Crippen molar-refractivity contribution >= 4 is 17.7 Å². The van der Waals surface area contributed by atoms with Gasteiger partial charge >= 0.3 is 6.09 Å². The highest BCUT2D eigenvalue weighted by Gasteiger charge is 2.72. The van der Waals surface area contributed by atoms with Crippen LogP contribution in [0.25, 0.3) is 4.85 Å². The van der Waals surface area contributed by atoms with E-state index in [1.165, 1.54) is 7.11 Å². The maximum Gasteiger partial charge on any atom is 0.407 e. The second-order valence-corrected chi connectivity index (χ2v) is 15.0. The van der Waals surface area contributed by atoms with Crippen molar-refractivity contribution in [3.8, 4) is 0 Å². The minimum Gasteiger partial charge on any atom is -0.453 e. The van der Waals surface area contributed by atoms with E-state index in [0.717, 1.165) is 56.8 Å². The molecule has 206 valence electrons. The third-order valence-electron chi connectivity index (χ3n) is 12.3. The molecule has 4 saturated carbocycles. The highest BCUT2D eigenvalue weighted by atomic mass is 16.5. The molecule has 0 unspecified atom stereocenters. The minimum absolute atomic E-state index is 0.0393. The molecular weight excluding hydrogens is 476 g/mol. The Kier molecular flexibility index (Phi) is 5.90. The van der Waals surface area contributed by atoms with E-state index in [0.29, 0.717) is 6.42 Å². The molecule has 0 aromatic heterocycles. The summed E-state index contributed by atoms with van der Waals surface area (Å²) in [6, 6.07) is 0. The number of ketones is 2. The van der Waals surface area contributed by atoms with Gasteiger partial charge in [-0.1, -0.05) is 54.5 Å². The van der Waals surface area contributed by atoms with Gasteiger partial charge in [0, 0.05) is 17.8 Å². The lowest BCUT2D eigenvalue weighted by molar-refractivity contribution is -0.173. The van der Waals surface area contributed by atoms with Crippen LogP contribution in [0.2, 0.25) is 0 Å². The van der Waals surface area contributed by atoms with Gasteiger partial charge in [-0.05, 0) is 78.4 Å². The highest BCUT2D eigenvalue weighted by Crippen LogP contribution is 2.75. The number of carbonyl (C=O) groups is 3.